The Morgan fingerprint density at radius 2 is 1.94 bits per heavy atom. The molecule has 3 heteroatoms. The largest absolute Gasteiger partial charge is 0.465 e. The van der Waals surface area contributed by atoms with E-state index in [4.69, 9.17) is 4.74 Å². The summed E-state index contributed by atoms with van der Waals surface area (Å²) < 4.78 is 5.33. The van der Waals surface area contributed by atoms with Crippen LogP contribution in [0, 0.1) is 17.3 Å². The van der Waals surface area contributed by atoms with E-state index in [2.05, 4.69) is 26.5 Å². The molecule has 0 saturated heterocycles. The molecule has 0 radical (unpaired) electrons. The van der Waals surface area contributed by atoms with Gasteiger partial charge in [-0.25, -0.2) is 0 Å². The van der Waals surface area contributed by atoms with E-state index >= 15 is 0 Å². The van der Waals surface area contributed by atoms with Gasteiger partial charge in [0.25, 0.3) is 0 Å². The first-order valence-electron chi connectivity index (χ1n) is 6.14. The second-order valence-corrected chi connectivity index (χ2v) is 5.61. The van der Waals surface area contributed by atoms with Gasteiger partial charge < -0.3 is 4.74 Å². The summed E-state index contributed by atoms with van der Waals surface area (Å²) in [6, 6.07) is 0. The van der Waals surface area contributed by atoms with Crippen molar-refractivity contribution < 1.29 is 9.53 Å². The third-order valence-electron chi connectivity index (χ3n) is 3.57. The molecule has 0 aromatic heterocycles. The molecule has 2 nitrogen and oxygen atoms in total. The van der Waals surface area contributed by atoms with Crippen LogP contribution in [0.5, 0.6) is 0 Å². The van der Waals surface area contributed by atoms with Crippen LogP contribution in [-0.4, -0.2) is 18.3 Å². The number of rotatable bonds is 7. The van der Waals surface area contributed by atoms with Gasteiger partial charge in [-0.15, -0.1) is 0 Å². The maximum atomic E-state index is 11.9. The number of carbonyl (C=O) groups is 1. The first kappa shape index (κ1) is 15.8. The molecule has 0 spiro atoms. The van der Waals surface area contributed by atoms with Gasteiger partial charge in [0.2, 0.25) is 0 Å². The van der Waals surface area contributed by atoms with Crippen LogP contribution in [0.3, 0.4) is 0 Å². The maximum Gasteiger partial charge on any atom is 0.311 e. The summed E-state index contributed by atoms with van der Waals surface area (Å²) in [5.41, 5.74) is -0.433. The second kappa shape index (κ2) is 7.21. The van der Waals surface area contributed by atoms with Gasteiger partial charge in [-0.2, -0.15) is 12.6 Å². The molecule has 0 rings (SSSR count). The van der Waals surface area contributed by atoms with Crippen LogP contribution >= 0.6 is 12.6 Å². The molecule has 0 aliphatic rings. The van der Waals surface area contributed by atoms with Crippen molar-refractivity contribution in [3.8, 4) is 0 Å². The van der Waals surface area contributed by atoms with Gasteiger partial charge in [-0.3, -0.25) is 4.79 Å². The van der Waals surface area contributed by atoms with Gasteiger partial charge in [0.15, 0.2) is 0 Å². The van der Waals surface area contributed by atoms with Crippen molar-refractivity contribution in [2.45, 2.75) is 47.5 Å². The van der Waals surface area contributed by atoms with Crippen LogP contribution < -0.4 is 0 Å². The van der Waals surface area contributed by atoms with Crippen LogP contribution in [0.4, 0.5) is 0 Å². The molecule has 16 heavy (non-hydrogen) atoms. The van der Waals surface area contributed by atoms with E-state index in [-0.39, 0.29) is 11.9 Å². The fourth-order valence-electron chi connectivity index (χ4n) is 1.17. The summed E-state index contributed by atoms with van der Waals surface area (Å²) in [5, 5.41) is 0. The first-order valence-corrected chi connectivity index (χ1v) is 6.77. The molecule has 0 aliphatic heterocycles. The first-order chi connectivity index (χ1) is 7.36. The predicted octanol–water partition coefficient (Wildman–Crippen LogP) is 3.56. The molecule has 0 aromatic carbocycles. The Bertz CT molecular complexity index is 214. The Morgan fingerprint density at radius 3 is 2.38 bits per heavy atom. The predicted molar refractivity (Wildman–Crippen MR) is 71.8 cm³/mol. The highest BCUT2D eigenvalue weighted by Gasteiger charge is 2.34. The lowest BCUT2D eigenvalue weighted by atomic mass is 9.81. The fourth-order valence-corrected chi connectivity index (χ4v) is 1.63. The minimum Gasteiger partial charge on any atom is -0.465 e. The monoisotopic (exact) mass is 246 g/mol. The Morgan fingerprint density at radius 1 is 1.38 bits per heavy atom. The average Bonchev–Trinajstić information content (AvgIpc) is 2.27. The lowest BCUT2D eigenvalue weighted by molar-refractivity contribution is -0.156. The lowest BCUT2D eigenvalue weighted by Gasteiger charge is -2.28. The van der Waals surface area contributed by atoms with Gasteiger partial charge in [0.05, 0.1) is 12.0 Å². The van der Waals surface area contributed by atoms with E-state index in [1.165, 1.54) is 0 Å². The van der Waals surface area contributed by atoms with Crippen LogP contribution in [0.15, 0.2) is 0 Å². The van der Waals surface area contributed by atoms with E-state index < -0.39 is 5.41 Å². The standard InChI is InChI=1S/C13H26O2S/c1-6-10(2)7-8-15-12(14)13(4,5)11(3)9-16/h10-11,16H,6-9H2,1-5H3. The number of thiol groups is 1. The summed E-state index contributed by atoms with van der Waals surface area (Å²) in [5.74, 6) is 1.45. The third kappa shape index (κ3) is 4.77. The zero-order valence-electron chi connectivity index (χ0n) is 11.2. The van der Waals surface area contributed by atoms with Crippen LogP contribution in [0.2, 0.25) is 0 Å². The minimum atomic E-state index is -0.433. The fraction of sp³-hybridized carbons (Fsp3) is 0.923. The van der Waals surface area contributed by atoms with Crippen LogP contribution in [0.25, 0.3) is 0 Å². The van der Waals surface area contributed by atoms with Crippen molar-refractivity contribution in [1.29, 1.82) is 0 Å². The quantitative estimate of drug-likeness (QED) is 0.549. The molecule has 96 valence electrons. The number of esters is 1. The molecule has 0 N–H and O–H groups in total. The van der Waals surface area contributed by atoms with E-state index in [0.717, 1.165) is 12.8 Å². The van der Waals surface area contributed by atoms with Crippen LogP contribution in [-0.2, 0) is 9.53 Å². The molecular formula is C13H26O2S. The maximum absolute atomic E-state index is 11.9. The molecule has 0 fully saturated rings. The zero-order valence-corrected chi connectivity index (χ0v) is 12.1. The summed E-state index contributed by atoms with van der Waals surface area (Å²) in [4.78, 5) is 11.9. The highest BCUT2D eigenvalue weighted by atomic mass is 32.1. The molecule has 0 aromatic rings. The van der Waals surface area contributed by atoms with Crippen LogP contribution in [0.1, 0.15) is 47.5 Å². The molecule has 0 amide bonds. The summed E-state index contributed by atoms with van der Waals surface area (Å²) >= 11 is 4.23. The number of ether oxygens (including phenoxy) is 1. The third-order valence-corrected chi connectivity index (χ3v) is 4.12. The Labute approximate surface area is 106 Å². The van der Waals surface area contributed by atoms with E-state index in [1.54, 1.807) is 0 Å². The summed E-state index contributed by atoms with van der Waals surface area (Å²) in [6.45, 7) is 10.8. The smallest absolute Gasteiger partial charge is 0.311 e. The average molecular weight is 246 g/mol. The van der Waals surface area contributed by atoms with Gasteiger partial charge in [0.1, 0.15) is 0 Å². The van der Waals surface area contributed by atoms with E-state index in [1.807, 2.05) is 20.8 Å². The van der Waals surface area contributed by atoms with Gasteiger partial charge in [0, 0.05) is 0 Å². The number of hydrogen-bond donors (Lipinski definition) is 1. The van der Waals surface area contributed by atoms with E-state index in [0.29, 0.717) is 18.3 Å². The molecule has 0 bridgehead atoms. The van der Waals surface area contributed by atoms with Gasteiger partial charge >= 0.3 is 5.97 Å². The summed E-state index contributed by atoms with van der Waals surface area (Å²) in [6.07, 6.45) is 2.08. The Hall–Kier alpha value is -0.180. The van der Waals surface area contributed by atoms with Crippen molar-refractivity contribution in [2.75, 3.05) is 12.4 Å². The minimum absolute atomic E-state index is 0.0997. The number of hydrogen-bond acceptors (Lipinski definition) is 3. The number of carbonyl (C=O) groups excluding carboxylic acids is 1. The van der Waals surface area contributed by atoms with Crippen molar-refractivity contribution in [2.24, 2.45) is 17.3 Å². The zero-order chi connectivity index (χ0) is 12.8. The Balaban J connectivity index is 4.05. The molecule has 0 heterocycles. The van der Waals surface area contributed by atoms with Gasteiger partial charge in [-0.05, 0) is 37.9 Å². The van der Waals surface area contributed by atoms with Crippen molar-refractivity contribution >= 4 is 18.6 Å². The molecule has 0 saturated carbocycles. The van der Waals surface area contributed by atoms with Crippen molar-refractivity contribution in [1.82, 2.24) is 0 Å². The topological polar surface area (TPSA) is 26.3 Å². The molecule has 2 unspecified atom stereocenters. The molecular weight excluding hydrogens is 220 g/mol. The Kier molecular flexibility index (Phi) is 7.12. The van der Waals surface area contributed by atoms with Crippen molar-refractivity contribution in [3.05, 3.63) is 0 Å². The highest BCUT2D eigenvalue weighted by Crippen LogP contribution is 2.29. The SMILES string of the molecule is CCC(C)CCOC(=O)C(C)(C)C(C)CS. The van der Waals surface area contributed by atoms with E-state index in [9.17, 15) is 4.79 Å². The van der Waals surface area contributed by atoms with Crippen molar-refractivity contribution in [3.63, 3.8) is 0 Å². The molecule has 2 atom stereocenters. The molecule has 0 aliphatic carbocycles. The van der Waals surface area contributed by atoms with Gasteiger partial charge in [-0.1, -0.05) is 27.2 Å². The summed E-state index contributed by atoms with van der Waals surface area (Å²) in [7, 11) is 0. The lowest BCUT2D eigenvalue weighted by Crippen LogP contribution is -2.34. The second-order valence-electron chi connectivity index (χ2n) is 5.24. The normalized spacial score (nSPS) is 15.6. The highest BCUT2D eigenvalue weighted by molar-refractivity contribution is 7.80.